The number of hydrogen-bond acceptors (Lipinski definition) is 2. The average molecular weight is 286 g/mol. The van der Waals surface area contributed by atoms with Crippen molar-refractivity contribution in [1.29, 1.82) is 0 Å². The fourth-order valence-corrected chi connectivity index (χ4v) is 2.09. The van der Waals surface area contributed by atoms with E-state index in [1.165, 1.54) is 12.1 Å². The molecule has 0 saturated heterocycles. The first-order chi connectivity index (χ1) is 9.99. The van der Waals surface area contributed by atoms with Gasteiger partial charge in [-0.1, -0.05) is 12.1 Å². The van der Waals surface area contributed by atoms with Crippen LogP contribution >= 0.6 is 0 Å². The maximum atomic E-state index is 13.3. The molecule has 0 saturated carbocycles. The molecule has 0 fully saturated rings. The molecule has 2 N–H and O–H groups in total. The molecule has 1 atom stereocenters. The molecule has 1 unspecified atom stereocenters. The zero-order valence-electron chi connectivity index (χ0n) is 12.4. The van der Waals surface area contributed by atoms with Crippen LogP contribution in [0.5, 0.6) is 0 Å². The zero-order chi connectivity index (χ0) is 15.4. The first kappa shape index (κ1) is 15.2. The summed E-state index contributed by atoms with van der Waals surface area (Å²) in [4.78, 5) is 12.1. The Balaban J connectivity index is 2.12. The SMILES string of the molecule is CNC(C)c1ccc(NC(=O)c2cc(C)cc(F)c2)cc1. The van der Waals surface area contributed by atoms with Crippen LogP contribution in [0, 0.1) is 12.7 Å². The Labute approximate surface area is 124 Å². The highest BCUT2D eigenvalue weighted by Crippen LogP contribution is 2.17. The molecule has 0 aromatic heterocycles. The van der Waals surface area contributed by atoms with Gasteiger partial charge in [-0.3, -0.25) is 4.79 Å². The van der Waals surface area contributed by atoms with Crippen molar-refractivity contribution in [3.8, 4) is 0 Å². The van der Waals surface area contributed by atoms with Gasteiger partial charge in [0.1, 0.15) is 5.82 Å². The van der Waals surface area contributed by atoms with E-state index in [0.29, 0.717) is 11.3 Å². The minimum absolute atomic E-state index is 0.251. The summed E-state index contributed by atoms with van der Waals surface area (Å²) in [7, 11) is 1.90. The molecule has 110 valence electrons. The lowest BCUT2D eigenvalue weighted by atomic mass is 10.1. The van der Waals surface area contributed by atoms with E-state index in [-0.39, 0.29) is 11.9 Å². The van der Waals surface area contributed by atoms with Gasteiger partial charge in [-0.25, -0.2) is 4.39 Å². The normalized spacial score (nSPS) is 12.0. The Morgan fingerprint density at radius 2 is 1.81 bits per heavy atom. The van der Waals surface area contributed by atoms with Crippen molar-refractivity contribution < 1.29 is 9.18 Å². The number of carbonyl (C=O) groups is 1. The number of hydrogen-bond donors (Lipinski definition) is 2. The van der Waals surface area contributed by atoms with Crippen LogP contribution in [0.15, 0.2) is 42.5 Å². The van der Waals surface area contributed by atoms with Crippen LogP contribution in [0.4, 0.5) is 10.1 Å². The van der Waals surface area contributed by atoms with E-state index >= 15 is 0 Å². The fourth-order valence-electron chi connectivity index (χ4n) is 2.09. The smallest absolute Gasteiger partial charge is 0.255 e. The number of amides is 1. The van der Waals surface area contributed by atoms with Gasteiger partial charge in [-0.2, -0.15) is 0 Å². The molecule has 0 aliphatic rings. The highest BCUT2D eigenvalue weighted by molar-refractivity contribution is 6.04. The van der Waals surface area contributed by atoms with Gasteiger partial charge >= 0.3 is 0 Å². The van der Waals surface area contributed by atoms with Gasteiger partial charge in [-0.05, 0) is 62.4 Å². The summed E-state index contributed by atoms with van der Waals surface area (Å²) in [6.45, 7) is 3.82. The van der Waals surface area contributed by atoms with Crippen LogP contribution in [0.3, 0.4) is 0 Å². The first-order valence-electron chi connectivity index (χ1n) is 6.85. The van der Waals surface area contributed by atoms with Gasteiger partial charge in [0.2, 0.25) is 0 Å². The van der Waals surface area contributed by atoms with E-state index in [2.05, 4.69) is 17.6 Å². The monoisotopic (exact) mass is 286 g/mol. The standard InChI is InChI=1S/C17H19FN2O/c1-11-8-14(10-15(18)9-11)17(21)20-16-6-4-13(5-7-16)12(2)19-3/h4-10,12,19H,1-3H3,(H,20,21). The molecule has 3 nitrogen and oxygen atoms in total. The number of aryl methyl sites for hydroxylation is 1. The molecule has 4 heteroatoms. The van der Waals surface area contributed by atoms with E-state index in [1.54, 1.807) is 13.0 Å². The topological polar surface area (TPSA) is 41.1 Å². The lowest BCUT2D eigenvalue weighted by molar-refractivity contribution is 0.102. The first-order valence-corrected chi connectivity index (χ1v) is 6.85. The number of carbonyl (C=O) groups excluding carboxylic acids is 1. The van der Waals surface area contributed by atoms with Crippen LogP contribution in [-0.2, 0) is 0 Å². The Kier molecular flexibility index (Phi) is 4.70. The van der Waals surface area contributed by atoms with E-state index in [0.717, 1.165) is 11.1 Å². The summed E-state index contributed by atoms with van der Waals surface area (Å²) in [6.07, 6.45) is 0. The molecule has 1 amide bonds. The molecular weight excluding hydrogens is 267 g/mol. The van der Waals surface area contributed by atoms with E-state index in [1.807, 2.05) is 31.3 Å². The van der Waals surface area contributed by atoms with Gasteiger partial charge in [0.15, 0.2) is 0 Å². The highest BCUT2D eigenvalue weighted by atomic mass is 19.1. The molecule has 0 heterocycles. The third-order valence-electron chi connectivity index (χ3n) is 3.41. The number of nitrogens with one attached hydrogen (secondary N) is 2. The Hall–Kier alpha value is -2.20. The highest BCUT2D eigenvalue weighted by Gasteiger charge is 2.09. The van der Waals surface area contributed by atoms with E-state index in [4.69, 9.17) is 0 Å². The second kappa shape index (κ2) is 6.50. The molecule has 0 radical (unpaired) electrons. The van der Waals surface area contributed by atoms with Crippen LogP contribution in [-0.4, -0.2) is 13.0 Å². The Morgan fingerprint density at radius 1 is 1.14 bits per heavy atom. The van der Waals surface area contributed by atoms with Gasteiger partial charge in [0.25, 0.3) is 5.91 Å². The predicted molar refractivity (Wildman–Crippen MR) is 83.0 cm³/mol. The third-order valence-corrected chi connectivity index (χ3v) is 3.41. The maximum absolute atomic E-state index is 13.3. The van der Waals surface area contributed by atoms with Crippen molar-refractivity contribution >= 4 is 11.6 Å². The van der Waals surface area contributed by atoms with Crippen LogP contribution in [0.25, 0.3) is 0 Å². The molecule has 0 aliphatic heterocycles. The summed E-state index contributed by atoms with van der Waals surface area (Å²) in [6, 6.07) is 12.1. The summed E-state index contributed by atoms with van der Waals surface area (Å²) < 4.78 is 13.3. The average Bonchev–Trinajstić information content (AvgIpc) is 2.46. The third kappa shape index (κ3) is 3.89. The zero-order valence-corrected chi connectivity index (χ0v) is 12.4. The molecule has 2 rings (SSSR count). The summed E-state index contributed by atoms with van der Waals surface area (Å²) in [5.41, 5.74) is 2.87. The molecular formula is C17H19FN2O. The van der Waals surface area contributed by atoms with E-state index in [9.17, 15) is 9.18 Å². The second-order valence-corrected chi connectivity index (χ2v) is 5.10. The van der Waals surface area contributed by atoms with Crippen molar-refractivity contribution in [1.82, 2.24) is 5.32 Å². The Bertz CT molecular complexity index is 617. The Morgan fingerprint density at radius 3 is 2.38 bits per heavy atom. The summed E-state index contributed by atoms with van der Waals surface area (Å²) in [5.74, 6) is -0.717. The molecule has 0 spiro atoms. The number of rotatable bonds is 4. The number of halogens is 1. The van der Waals surface area contributed by atoms with Crippen molar-refractivity contribution in [3.05, 3.63) is 65.0 Å². The molecule has 2 aromatic carbocycles. The van der Waals surface area contributed by atoms with Crippen LogP contribution in [0.1, 0.15) is 34.5 Å². The number of anilines is 1. The van der Waals surface area contributed by atoms with Gasteiger partial charge in [0.05, 0.1) is 0 Å². The van der Waals surface area contributed by atoms with Gasteiger partial charge in [-0.15, -0.1) is 0 Å². The largest absolute Gasteiger partial charge is 0.322 e. The minimum Gasteiger partial charge on any atom is -0.322 e. The molecule has 0 aliphatic carbocycles. The van der Waals surface area contributed by atoms with Crippen molar-refractivity contribution in [2.75, 3.05) is 12.4 Å². The fraction of sp³-hybridized carbons (Fsp3) is 0.235. The van der Waals surface area contributed by atoms with Gasteiger partial charge < -0.3 is 10.6 Å². The quantitative estimate of drug-likeness (QED) is 0.900. The number of benzene rings is 2. The second-order valence-electron chi connectivity index (χ2n) is 5.10. The summed E-state index contributed by atoms with van der Waals surface area (Å²) >= 11 is 0. The van der Waals surface area contributed by atoms with Crippen molar-refractivity contribution in [3.63, 3.8) is 0 Å². The molecule has 0 bridgehead atoms. The lowest BCUT2D eigenvalue weighted by Gasteiger charge is -2.12. The van der Waals surface area contributed by atoms with Crippen LogP contribution < -0.4 is 10.6 Å². The van der Waals surface area contributed by atoms with Crippen LogP contribution in [0.2, 0.25) is 0 Å². The maximum Gasteiger partial charge on any atom is 0.255 e. The van der Waals surface area contributed by atoms with Crippen molar-refractivity contribution in [2.24, 2.45) is 0 Å². The van der Waals surface area contributed by atoms with E-state index < -0.39 is 5.82 Å². The minimum atomic E-state index is -0.404. The lowest BCUT2D eigenvalue weighted by Crippen LogP contribution is -2.14. The summed E-state index contributed by atoms with van der Waals surface area (Å²) in [5, 5.41) is 5.92. The predicted octanol–water partition coefficient (Wildman–Crippen LogP) is 3.67. The van der Waals surface area contributed by atoms with Crippen molar-refractivity contribution in [2.45, 2.75) is 19.9 Å². The molecule has 2 aromatic rings. The molecule has 21 heavy (non-hydrogen) atoms. The van der Waals surface area contributed by atoms with Gasteiger partial charge in [0, 0.05) is 17.3 Å².